The summed E-state index contributed by atoms with van der Waals surface area (Å²) >= 11 is 0. The summed E-state index contributed by atoms with van der Waals surface area (Å²) in [4.78, 5) is 23.0. The fourth-order valence-corrected chi connectivity index (χ4v) is 3.17. The molecule has 0 bridgehead atoms. The summed E-state index contributed by atoms with van der Waals surface area (Å²) in [5.41, 5.74) is 3.56. The van der Waals surface area contributed by atoms with Crippen LogP contribution in [0.25, 0.3) is 0 Å². The Labute approximate surface area is 168 Å². The molecule has 0 aliphatic rings. The van der Waals surface area contributed by atoms with Crippen LogP contribution in [-0.4, -0.2) is 36.9 Å². The highest BCUT2D eigenvalue weighted by molar-refractivity contribution is 5.94. The van der Waals surface area contributed by atoms with Crippen LogP contribution in [0, 0.1) is 30.9 Å². The zero-order chi connectivity index (χ0) is 21.0. The fourth-order valence-electron chi connectivity index (χ4n) is 3.17. The zero-order valence-electron chi connectivity index (χ0n) is 16.8. The van der Waals surface area contributed by atoms with Crippen LogP contribution in [-0.2, 0) is 13.1 Å². The maximum absolute atomic E-state index is 12.3. The molecule has 0 atom stereocenters. The first-order valence-corrected chi connectivity index (χ1v) is 9.39. The monoisotopic (exact) mass is 396 g/mol. The van der Waals surface area contributed by atoms with Crippen LogP contribution in [0.15, 0.2) is 36.7 Å². The topological polar surface area (TPSA) is 108 Å². The van der Waals surface area contributed by atoms with Gasteiger partial charge in [-0.25, -0.2) is 0 Å². The van der Waals surface area contributed by atoms with Crippen LogP contribution in [0.3, 0.4) is 0 Å². The van der Waals surface area contributed by atoms with Gasteiger partial charge in [0, 0.05) is 24.8 Å². The lowest BCUT2D eigenvalue weighted by Gasteiger charge is -2.07. The normalized spacial score (nSPS) is 10.9. The smallest absolute Gasteiger partial charge is 0.312 e. The third-order valence-corrected chi connectivity index (χ3v) is 4.69. The molecule has 0 aliphatic heterocycles. The lowest BCUT2D eigenvalue weighted by atomic mass is 10.1. The number of nitrogens with one attached hydrogen (secondary N) is 1. The van der Waals surface area contributed by atoms with Gasteiger partial charge in [0.25, 0.3) is 5.91 Å². The van der Waals surface area contributed by atoms with E-state index in [1.807, 2.05) is 36.1 Å². The quantitative estimate of drug-likeness (QED) is 0.358. The summed E-state index contributed by atoms with van der Waals surface area (Å²) in [5, 5.41) is 22.5. The van der Waals surface area contributed by atoms with E-state index in [1.54, 1.807) is 30.7 Å². The lowest BCUT2D eigenvalue weighted by molar-refractivity contribution is -0.386. The van der Waals surface area contributed by atoms with Gasteiger partial charge in [0.05, 0.1) is 17.7 Å². The van der Waals surface area contributed by atoms with E-state index in [1.165, 1.54) is 0 Å². The Balaban J connectivity index is 1.53. The van der Waals surface area contributed by atoms with Crippen molar-refractivity contribution in [1.29, 1.82) is 0 Å². The number of carbonyl (C=O) groups excluding carboxylic acids is 1. The molecule has 1 aromatic carbocycles. The highest BCUT2D eigenvalue weighted by atomic mass is 16.6. The van der Waals surface area contributed by atoms with Gasteiger partial charge in [-0.1, -0.05) is 12.1 Å². The first-order chi connectivity index (χ1) is 13.8. The number of carbonyl (C=O) groups is 1. The molecule has 0 radical (unpaired) electrons. The number of nitrogens with zero attached hydrogens (tertiary/aromatic N) is 5. The fraction of sp³-hybridized carbons (Fsp3) is 0.350. The molecule has 2 heterocycles. The van der Waals surface area contributed by atoms with E-state index in [2.05, 4.69) is 15.5 Å². The first kappa shape index (κ1) is 20.2. The predicted octanol–water partition coefficient (Wildman–Crippen LogP) is 2.78. The van der Waals surface area contributed by atoms with Crippen LogP contribution < -0.4 is 5.32 Å². The van der Waals surface area contributed by atoms with Crippen LogP contribution in [0.2, 0.25) is 0 Å². The minimum Gasteiger partial charge on any atom is -0.352 e. The van der Waals surface area contributed by atoms with Gasteiger partial charge in [0.15, 0.2) is 0 Å². The van der Waals surface area contributed by atoms with Crippen molar-refractivity contribution in [3.05, 3.63) is 74.9 Å². The summed E-state index contributed by atoms with van der Waals surface area (Å²) in [7, 11) is 0. The number of hydrogen-bond acceptors (Lipinski definition) is 5. The van der Waals surface area contributed by atoms with Crippen molar-refractivity contribution in [3.63, 3.8) is 0 Å². The first-order valence-electron chi connectivity index (χ1n) is 9.39. The Bertz CT molecular complexity index is 1020. The van der Waals surface area contributed by atoms with E-state index in [-0.39, 0.29) is 11.6 Å². The molecule has 1 amide bonds. The molecule has 0 unspecified atom stereocenters. The number of aromatic nitrogens is 4. The summed E-state index contributed by atoms with van der Waals surface area (Å²) < 4.78 is 3.47. The van der Waals surface area contributed by atoms with Crippen molar-refractivity contribution in [2.24, 2.45) is 0 Å². The van der Waals surface area contributed by atoms with Crippen molar-refractivity contribution < 1.29 is 9.72 Å². The average molecular weight is 396 g/mol. The van der Waals surface area contributed by atoms with E-state index in [0.29, 0.717) is 30.0 Å². The van der Waals surface area contributed by atoms with E-state index in [4.69, 9.17) is 0 Å². The molecule has 152 valence electrons. The number of amides is 1. The summed E-state index contributed by atoms with van der Waals surface area (Å²) in [6, 6.07) is 7.18. The number of aryl methyl sites for hydroxylation is 3. The Morgan fingerprint density at radius 1 is 1.21 bits per heavy atom. The number of rotatable bonds is 8. The summed E-state index contributed by atoms with van der Waals surface area (Å²) in [6.07, 6.45) is 4.57. The van der Waals surface area contributed by atoms with Gasteiger partial charge in [0.1, 0.15) is 11.4 Å². The molecule has 3 aromatic rings. The molecule has 0 saturated carbocycles. The minimum atomic E-state index is -0.408. The second kappa shape index (κ2) is 8.68. The lowest BCUT2D eigenvalue weighted by Crippen LogP contribution is -2.25. The third kappa shape index (κ3) is 4.87. The van der Waals surface area contributed by atoms with Gasteiger partial charge in [0.2, 0.25) is 0 Å². The van der Waals surface area contributed by atoms with Crippen LogP contribution in [0.5, 0.6) is 0 Å². The Kier molecular flexibility index (Phi) is 6.06. The number of hydrogen-bond donors (Lipinski definition) is 1. The van der Waals surface area contributed by atoms with Gasteiger partial charge < -0.3 is 5.32 Å². The largest absolute Gasteiger partial charge is 0.352 e. The van der Waals surface area contributed by atoms with Crippen molar-refractivity contribution in [3.8, 4) is 0 Å². The molecule has 9 heteroatoms. The zero-order valence-corrected chi connectivity index (χ0v) is 16.8. The predicted molar refractivity (Wildman–Crippen MR) is 108 cm³/mol. The molecule has 0 saturated heterocycles. The average Bonchev–Trinajstić information content (AvgIpc) is 3.21. The molecule has 0 aliphatic carbocycles. The second-order valence-corrected chi connectivity index (χ2v) is 7.02. The van der Waals surface area contributed by atoms with E-state index in [9.17, 15) is 14.9 Å². The molecule has 0 spiro atoms. The Morgan fingerprint density at radius 2 is 1.93 bits per heavy atom. The third-order valence-electron chi connectivity index (χ3n) is 4.69. The Hall–Kier alpha value is -3.49. The molecule has 0 fully saturated rings. The summed E-state index contributed by atoms with van der Waals surface area (Å²) in [5.74, 6) is -0.130. The van der Waals surface area contributed by atoms with Crippen LogP contribution in [0.1, 0.15) is 39.3 Å². The van der Waals surface area contributed by atoms with E-state index < -0.39 is 4.92 Å². The van der Waals surface area contributed by atoms with Crippen molar-refractivity contribution in [2.75, 3.05) is 6.54 Å². The highest BCUT2D eigenvalue weighted by Crippen LogP contribution is 2.22. The maximum Gasteiger partial charge on any atom is 0.312 e. The SMILES string of the molecule is Cc1cnn(CCCNC(=O)c2ccc(Cn3nc(C)c([N+](=O)[O-])c3C)cc2)c1. The van der Waals surface area contributed by atoms with Gasteiger partial charge in [-0.15, -0.1) is 0 Å². The molecule has 2 aromatic heterocycles. The highest BCUT2D eigenvalue weighted by Gasteiger charge is 2.21. The molecule has 1 N–H and O–H groups in total. The molecular weight excluding hydrogens is 372 g/mol. The standard InChI is InChI=1S/C20H24N6O3/c1-14-11-22-24(12-14)10-4-9-21-20(27)18-7-5-17(6-8-18)13-25-16(3)19(26(28)29)15(2)23-25/h5-8,11-12H,4,9-10,13H2,1-3H3,(H,21,27). The van der Waals surface area contributed by atoms with Crippen LogP contribution >= 0.6 is 0 Å². The van der Waals surface area contributed by atoms with Gasteiger partial charge >= 0.3 is 5.69 Å². The number of benzene rings is 1. The van der Waals surface area contributed by atoms with E-state index >= 15 is 0 Å². The van der Waals surface area contributed by atoms with Gasteiger partial charge in [-0.3, -0.25) is 24.3 Å². The second-order valence-electron chi connectivity index (χ2n) is 7.02. The molecular formula is C20H24N6O3. The molecule has 3 rings (SSSR count). The van der Waals surface area contributed by atoms with Crippen molar-refractivity contribution >= 4 is 11.6 Å². The van der Waals surface area contributed by atoms with Gasteiger partial charge in [-0.05, 0) is 50.5 Å². The minimum absolute atomic E-state index is 0.0475. The molecule has 9 nitrogen and oxygen atoms in total. The summed E-state index contributed by atoms with van der Waals surface area (Å²) in [6.45, 7) is 7.03. The van der Waals surface area contributed by atoms with Gasteiger partial charge in [-0.2, -0.15) is 10.2 Å². The number of nitro groups is 1. The van der Waals surface area contributed by atoms with Crippen LogP contribution in [0.4, 0.5) is 5.69 Å². The van der Waals surface area contributed by atoms with Crippen molar-refractivity contribution in [2.45, 2.75) is 40.3 Å². The molecule has 29 heavy (non-hydrogen) atoms. The Morgan fingerprint density at radius 3 is 2.52 bits per heavy atom. The van der Waals surface area contributed by atoms with Crippen molar-refractivity contribution in [1.82, 2.24) is 24.9 Å². The maximum atomic E-state index is 12.3. The van der Waals surface area contributed by atoms with E-state index in [0.717, 1.165) is 24.1 Å².